The molecular formula is C14H23NO2S. The summed E-state index contributed by atoms with van der Waals surface area (Å²) in [5, 5.41) is 3.44. The molecule has 0 saturated heterocycles. The van der Waals surface area contributed by atoms with Crippen molar-refractivity contribution in [1.29, 1.82) is 0 Å². The smallest absolute Gasteiger partial charge is 0.123 e. The van der Waals surface area contributed by atoms with Crippen molar-refractivity contribution >= 4 is 10.8 Å². The van der Waals surface area contributed by atoms with Crippen LogP contribution in [0.15, 0.2) is 18.2 Å². The predicted octanol–water partition coefficient (Wildman–Crippen LogP) is 2.25. The van der Waals surface area contributed by atoms with E-state index >= 15 is 0 Å². The van der Waals surface area contributed by atoms with E-state index in [1.165, 1.54) is 11.1 Å². The summed E-state index contributed by atoms with van der Waals surface area (Å²) < 4.78 is 16.4. The predicted molar refractivity (Wildman–Crippen MR) is 77.6 cm³/mol. The van der Waals surface area contributed by atoms with Crippen LogP contribution in [0.5, 0.6) is 5.75 Å². The molecule has 0 aliphatic carbocycles. The summed E-state index contributed by atoms with van der Waals surface area (Å²) in [4.78, 5) is 0. The molecule has 2 atom stereocenters. The third kappa shape index (κ3) is 5.19. The lowest BCUT2D eigenvalue weighted by atomic mass is 10.1. The van der Waals surface area contributed by atoms with Crippen LogP contribution in [0, 0.1) is 6.92 Å². The highest BCUT2D eigenvalue weighted by Crippen LogP contribution is 2.19. The van der Waals surface area contributed by atoms with E-state index in [1.54, 1.807) is 13.4 Å². The fourth-order valence-electron chi connectivity index (χ4n) is 1.77. The monoisotopic (exact) mass is 269 g/mol. The molecule has 3 nitrogen and oxygen atoms in total. The first-order chi connectivity index (χ1) is 8.52. The van der Waals surface area contributed by atoms with Gasteiger partial charge in [0.05, 0.1) is 7.11 Å². The molecule has 0 aliphatic heterocycles. The maximum atomic E-state index is 11.0. The third-order valence-corrected chi connectivity index (χ3v) is 3.73. The molecule has 1 rings (SSSR count). The largest absolute Gasteiger partial charge is 0.496 e. The third-order valence-electron chi connectivity index (χ3n) is 2.92. The summed E-state index contributed by atoms with van der Waals surface area (Å²) in [5.74, 6) is 1.67. The molecule has 1 aromatic rings. The SMILES string of the molecule is COc1ccc(C)cc1CNC(C)CCS(C)=O. The summed E-state index contributed by atoms with van der Waals surface area (Å²) in [6.45, 7) is 4.98. The number of nitrogens with one attached hydrogen (secondary N) is 1. The molecule has 0 heterocycles. The Morgan fingerprint density at radius 3 is 2.78 bits per heavy atom. The van der Waals surface area contributed by atoms with Crippen LogP contribution in [0.4, 0.5) is 0 Å². The van der Waals surface area contributed by atoms with Crippen molar-refractivity contribution in [3.63, 3.8) is 0 Å². The van der Waals surface area contributed by atoms with Gasteiger partial charge in [0, 0.05) is 41.0 Å². The minimum Gasteiger partial charge on any atom is -0.496 e. The second-order valence-electron chi connectivity index (χ2n) is 4.66. The van der Waals surface area contributed by atoms with Crippen molar-refractivity contribution in [2.24, 2.45) is 0 Å². The zero-order valence-electron chi connectivity index (χ0n) is 11.7. The Morgan fingerprint density at radius 2 is 2.17 bits per heavy atom. The number of methoxy groups -OCH3 is 1. The first kappa shape index (κ1) is 15.2. The standard InChI is InChI=1S/C14H23NO2S/c1-11-5-6-14(17-3)13(9-11)10-15-12(2)7-8-18(4)16/h5-6,9,12,15H,7-8,10H2,1-4H3. The van der Waals surface area contributed by atoms with Gasteiger partial charge >= 0.3 is 0 Å². The van der Waals surface area contributed by atoms with Crippen LogP contribution in [-0.2, 0) is 17.3 Å². The van der Waals surface area contributed by atoms with Gasteiger partial charge in [0.15, 0.2) is 0 Å². The number of hydrogen-bond donors (Lipinski definition) is 1. The highest BCUT2D eigenvalue weighted by molar-refractivity contribution is 7.84. The quantitative estimate of drug-likeness (QED) is 0.825. The number of rotatable bonds is 7. The molecule has 0 spiro atoms. The highest BCUT2D eigenvalue weighted by Gasteiger charge is 2.06. The zero-order chi connectivity index (χ0) is 13.5. The highest BCUT2D eigenvalue weighted by atomic mass is 32.2. The van der Waals surface area contributed by atoms with Gasteiger partial charge in [0.1, 0.15) is 5.75 Å². The van der Waals surface area contributed by atoms with Crippen molar-refractivity contribution in [2.45, 2.75) is 32.9 Å². The molecule has 0 aliphatic rings. The van der Waals surface area contributed by atoms with E-state index in [0.717, 1.165) is 24.5 Å². The van der Waals surface area contributed by atoms with Crippen molar-refractivity contribution in [1.82, 2.24) is 5.32 Å². The molecule has 0 radical (unpaired) electrons. The average Bonchev–Trinajstić information content (AvgIpc) is 2.34. The van der Waals surface area contributed by atoms with Gasteiger partial charge in [0.2, 0.25) is 0 Å². The Labute approximate surface area is 112 Å². The summed E-state index contributed by atoms with van der Waals surface area (Å²) in [6, 6.07) is 6.54. The molecule has 18 heavy (non-hydrogen) atoms. The maximum absolute atomic E-state index is 11.0. The minimum absolute atomic E-state index is 0.360. The molecule has 0 bridgehead atoms. The fourth-order valence-corrected chi connectivity index (χ4v) is 2.46. The molecule has 0 aromatic heterocycles. The van der Waals surface area contributed by atoms with Gasteiger partial charge in [-0.1, -0.05) is 17.7 Å². The summed E-state index contributed by atoms with van der Waals surface area (Å²) in [7, 11) is 0.984. The van der Waals surface area contributed by atoms with Crippen LogP contribution in [-0.4, -0.2) is 29.4 Å². The van der Waals surface area contributed by atoms with Gasteiger partial charge in [0.25, 0.3) is 0 Å². The van der Waals surface area contributed by atoms with Crippen LogP contribution in [0.25, 0.3) is 0 Å². The van der Waals surface area contributed by atoms with Crippen molar-refractivity contribution < 1.29 is 8.95 Å². The van der Waals surface area contributed by atoms with Gasteiger partial charge in [-0.25, -0.2) is 0 Å². The molecule has 0 fully saturated rings. The Hall–Kier alpha value is -0.870. The van der Waals surface area contributed by atoms with Crippen molar-refractivity contribution in [2.75, 3.05) is 19.1 Å². The van der Waals surface area contributed by atoms with E-state index in [0.29, 0.717) is 6.04 Å². The topological polar surface area (TPSA) is 38.3 Å². The molecule has 1 N–H and O–H groups in total. The Morgan fingerprint density at radius 1 is 1.44 bits per heavy atom. The Bertz CT molecular complexity index is 407. The molecule has 0 saturated carbocycles. The van der Waals surface area contributed by atoms with Crippen LogP contribution in [0.1, 0.15) is 24.5 Å². The van der Waals surface area contributed by atoms with Gasteiger partial charge in [-0.15, -0.1) is 0 Å². The molecule has 4 heteroatoms. The van der Waals surface area contributed by atoms with Gasteiger partial charge in [-0.3, -0.25) is 4.21 Å². The van der Waals surface area contributed by atoms with E-state index in [4.69, 9.17) is 4.74 Å². The zero-order valence-corrected chi connectivity index (χ0v) is 12.5. The number of benzene rings is 1. The average molecular weight is 269 g/mol. The fraction of sp³-hybridized carbons (Fsp3) is 0.571. The Balaban J connectivity index is 2.52. The minimum atomic E-state index is -0.709. The molecule has 102 valence electrons. The lowest BCUT2D eigenvalue weighted by Crippen LogP contribution is -2.27. The summed E-state index contributed by atoms with van der Waals surface area (Å²) in [6.07, 6.45) is 2.67. The van der Waals surface area contributed by atoms with E-state index < -0.39 is 10.8 Å². The van der Waals surface area contributed by atoms with Crippen molar-refractivity contribution in [3.05, 3.63) is 29.3 Å². The van der Waals surface area contributed by atoms with E-state index in [1.807, 2.05) is 12.1 Å². The van der Waals surface area contributed by atoms with E-state index in [2.05, 4.69) is 25.2 Å². The van der Waals surface area contributed by atoms with Crippen LogP contribution >= 0.6 is 0 Å². The molecular weight excluding hydrogens is 246 g/mol. The number of hydrogen-bond acceptors (Lipinski definition) is 3. The second kappa shape index (κ2) is 7.54. The van der Waals surface area contributed by atoms with Crippen LogP contribution in [0.2, 0.25) is 0 Å². The van der Waals surface area contributed by atoms with Gasteiger partial charge in [-0.05, 0) is 26.3 Å². The Kier molecular flexibility index (Phi) is 6.36. The van der Waals surface area contributed by atoms with E-state index in [-0.39, 0.29) is 0 Å². The lowest BCUT2D eigenvalue weighted by Gasteiger charge is -2.15. The van der Waals surface area contributed by atoms with Crippen LogP contribution in [0.3, 0.4) is 0 Å². The first-order valence-corrected chi connectivity index (χ1v) is 7.92. The maximum Gasteiger partial charge on any atom is 0.123 e. The summed E-state index contributed by atoms with van der Waals surface area (Å²) >= 11 is 0. The van der Waals surface area contributed by atoms with Gasteiger partial charge in [-0.2, -0.15) is 0 Å². The number of ether oxygens (including phenoxy) is 1. The lowest BCUT2D eigenvalue weighted by molar-refractivity contribution is 0.405. The van der Waals surface area contributed by atoms with Crippen LogP contribution < -0.4 is 10.1 Å². The second-order valence-corrected chi connectivity index (χ2v) is 6.22. The van der Waals surface area contributed by atoms with Crippen molar-refractivity contribution in [3.8, 4) is 5.75 Å². The molecule has 1 aromatic carbocycles. The van der Waals surface area contributed by atoms with Gasteiger partial charge < -0.3 is 10.1 Å². The molecule has 2 unspecified atom stereocenters. The van der Waals surface area contributed by atoms with E-state index in [9.17, 15) is 4.21 Å². The normalized spacial score (nSPS) is 14.2. The first-order valence-electron chi connectivity index (χ1n) is 6.20. The summed E-state index contributed by atoms with van der Waals surface area (Å²) in [5.41, 5.74) is 2.40. The number of aryl methyl sites for hydroxylation is 1. The molecule has 0 amide bonds.